The van der Waals surface area contributed by atoms with Gasteiger partial charge in [0.2, 0.25) is 11.8 Å². The van der Waals surface area contributed by atoms with E-state index in [1.165, 1.54) is 11.6 Å². The Morgan fingerprint density at radius 3 is 2.21 bits per heavy atom. The highest BCUT2D eigenvalue weighted by Crippen LogP contribution is 2.27. The number of amides is 2. The summed E-state index contributed by atoms with van der Waals surface area (Å²) >= 11 is 0. The zero-order chi connectivity index (χ0) is 28.8. The fourth-order valence-corrected chi connectivity index (χ4v) is 4.05. The highest BCUT2D eigenvalue weighted by molar-refractivity contribution is 5.99. The summed E-state index contributed by atoms with van der Waals surface area (Å²) in [5.41, 5.74) is 8.09. The second kappa shape index (κ2) is 15.5. The summed E-state index contributed by atoms with van der Waals surface area (Å²) in [5.74, 6) is -2.19. The lowest BCUT2D eigenvalue weighted by Gasteiger charge is -2.22. The third-order valence-electron chi connectivity index (χ3n) is 6.20. The maximum absolute atomic E-state index is 12.8. The smallest absolute Gasteiger partial charge is 0.490 e. The number of halogens is 3. The number of benzene rings is 2. The number of rotatable bonds is 10. The molecule has 0 bridgehead atoms. The number of carboxylic acid groups (broad SMARTS) is 1. The third kappa shape index (κ3) is 11.6. The van der Waals surface area contributed by atoms with E-state index < -0.39 is 18.2 Å². The Kier molecular flexibility index (Phi) is 12.5. The molecule has 2 amide bonds. The molecule has 8 nitrogen and oxygen atoms in total. The molecule has 0 spiro atoms. The molecular weight excluding hydrogens is 515 g/mol. The Morgan fingerprint density at radius 2 is 1.67 bits per heavy atom. The Morgan fingerprint density at radius 1 is 1.08 bits per heavy atom. The van der Waals surface area contributed by atoms with Gasteiger partial charge in [0.1, 0.15) is 5.75 Å². The molecule has 1 aliphatic carbocycles. The van der Waals surface area contributed by atoms with Crippen molar-refractivity contribution in [1.82, 2.24) is 5.32 Å². The SMILES string of the molecule is COc1ccc(NC(=O)/C=C/[C@H](CCc2ccccc2)NC(=O)[C@@H](N)C2CCCC2)cc1.O=C(O)C(F)(F)F. The topological polar surface area (TPSA) is 131 Å². The number of ether oxygens (including phenoxy) is 1. The summed E-state index contributed by atoms with van der Waals surface area (Å²) in [6.07, 6.45) is 3.88. The van der Waals surface area contributed by atoms with Crippen LogP contribution in [0.25, 0.3) is 0 Å². The molecular formula is C28H34F3N3O5. The van der Waals surface area contributed by atoms with Crippen molar-refractivity contribution in [2.75, 3.05) is 12.4 Å². The van der Waals surface area contributed by atoms with E-state index in [0.717, 1.165) is 37.9 Å². The second-order valence-corrected chi connectivity index (χ2v) is 9.09. The van der Waals surface area contributed by atoms with Crippen LogP contribution in [0.4, 0.5) is 18.9 Å². The first kappa shape index (κ1) is 31.4. The summed E-state index contributed by atoms with van der Waals surface area (Å²) in [7, 11) is 1.60. The molecule has 0 heterocycles. The number of anilines is 1. The molecule has 2 aromatic carbocycles. The van der Waals surface area contributed by atoms with Gasteiger partial charge in [0.05, 0.1) is 13.2 Å². The molecule has 0 unspecified atom stereocenters. The van der Waals surface area contributed by atoms with E-state index in [0.29, 0.717) is 12.1 Å². The quantitative estimate of drug-likeness (QED) is 0.324. The predicted octanol–water partition coefficient (Wildman–Crippen LogP) is 4.46. The Labute approximate surface area is 225 Å². The number of aryl methyl sites for hydroxylation is 1. The van der Waals surface area contributed by atoms with Crippen molar-refractivity contribution in [3.8, 4) is 5.75 Å². The lowest BCUT2D eigenvalue weighted by atomic mass is 9.97. The molecule has 1 fully saturated rings. The molecule has 0 radical (unpaired) electrons. The minimum Gasteiger partial charge on any atom is -0.497 e. The number of carbonyl (C=O) groups excluding carboxylic acids is 2. The third-order valence-corrected chi connectivity index (χ3v) is 6.20. The molecule has 0 aromatic heterocycles. The lowest BCUT2D eigenvalue weighted by Crippen LogP contribution is -2.48. The number of nitrogens with two attached hydrogens (primary N) is 1. The monoisotopic (exact) mass is 549 g/mol. The molecule has 1 aliphatic rings. The van der Waals surface area contributed by atoms with Crippen LogP contribution in [0.15, 0.2) is 66.7 Å². The number of carboxylic acids is 1. The minimum absolute atomic E-state index is 0.143. The lowest BCUT2D eigenvalue weighted by molar-refractivity contribution is -0.192. The number of aliphatic carboxylic acids is 1. The average Bonchev–Trinajstić information content (AvgIpc) is 3.45. The van der Waals surface area contributed by atoms with Gasteiger partial charge in [0, 0.05) is 17.8 Å². The highest BCUT2D eigenvalue weighted by Gasteiger charge is 2.38. The van der Waals surface area contributed by atoms with Gasteiger partial charge in [-0.25, -0.2) is 4.79 Å². The molecule has 3 rings (SSSR count). The number of methoxy groups -OCH3 is 1. The van der Waals surface area contributed by atoms with E-state index in [1.807, 2.05) is 18.2 Å². The standard InChI is InChI=1S/C26H33N3O3.C2HF3O2/c1-32-23-16-13-21(14-17-23)28-24(30)18-15-22(12-11-19-7-3-2-4-8-19)29-26(31)25(27)20-9-5-6-10-20;3-2(4,5)1(6)7/h2-4,7-8,13-18,20,22,25H,5-6,9-12,27H2,1H3,(H,28,30)(H,29,31);(H,6,7)/b18-15+;/t22-,25-;/m0./s1. The van der Waals surface area contributed by atoms with Crippen molar-refractivity contribution in [1.29, 1.82) is 0 Å². The van der Waals surface area contributed by atoms with Gasteiger partial charge in [-0.05, 0) is 61.4 Å². The number of alkyl halides is 3. The van der Waals surface area contributed by atoms with Crippen LogP contribution in [0.1, 0.15) is 37.7 Å². The number of hydrogen-bond donors (Lipinski definition) is 4. The van der Waals surface area contributed by atoms with E-state index in [4.69, 9.17) is 20.4 Å². The van der Waals surface area contributed by atoms with Crippen LogP contribution in [-0.4, -0.2) is 48.3 Å². The van der Waals surface area contributed by atoms with Crippen LogP contribution in [0.3, 0.4) is 0 Å². The molecule has 2 aromatic rings. The van der Waals surface area contributed by atoms with E-state index >= 15 is 0 Å². The van der Waals surface area contributed by atoms with Gasteiger partial charge in [-0.1, -0.05) is 49.2 Å². The normalized spacial score (nSPS) is 15.1. The van der Waals surface area contributed by atoms with Crippen molar-refractivity contribution >= 4 is 23.5 Å². The predicted molar refractivity (Wildman–Crippen MR) is 141 cm³/mol. The molecule has 1 saturated carbocycles. The summed E-state index contributed by atoms with van der Waals surface area (Å²) in [6.45, 7) is 0. The van der Waals surface area contributed by atoms with Crippen molar-refractivity contribution in [2.24, 2.45) is 11.7 Å². The first-order valence-electron chi connectivity index (χ1n) is 12.5. The number of carbonyl (C=O) groups is 3. The molecule has 5 N–H and O–H groups in total. The minimum atomic E-state index is -5.08. The van der Waals surface area contributed by atoms with Gasteiger partial charge in [0.15, 0.2) is 0 Å². The maximum Gasteiger partial charge on any atom is 0.490 e. The summed E-state index contributed by atoms with van der Waals surface area (Å²) in [5, 5.41) is 13.0. The summed E-state index contributed by atoms with van der Waals surface area (Å²) < 4.78 is 36.9. The zero-order valence-corrected chi connectivity index (χ0v) is 21.6. The van der Waals surface area contributed by atoms with Gasteiger partial charge in [-0.3, -0.25) is 9.59 Å². The molecule has 39 heavy (non-hydrogen) atoms. The van der Waals surface area contributed by atoms with E-state index in [2.05, 4.69) is 22.8 Å². The van der Waals surface area contributed by atoms with Crippen LogP contribution < -0.4 is 21.1 Å². The van der Waals surface area contributed by atoms with Crippen LogP contribution in [0, 0.1) is 5.92 Å². The first-order valence-corrected chi connectivity index (χ1v) is 12.5. The second-order valence-electron chi connectivity index (χ2n) is 9.09. The van der Waals surface area contributed by atoms with E-state index in [1.54, 1.807) is 37.5 Å². The fourth-order valence-electron chi connectivity index (χ4n) is 4.05. The van der Waals surface area contributed by atoms with Crippen molar-refractivity contribution in [3.63, 3.8) is 0 Å². The van der Waals surface area contributed by atoms with Gasteiger partial charge in [-0.15, -0.1) is 0 Å². The van der Waals surface area contributed by atoms with E-state index in [-0.39, 0.29) is 23.8 Å². The fraction of sp³-hybridized carbons (Fsp3) is 0.393. The van der Waals surface area contributed by atoms with Gasteiger partial charge in [-0.2, -0.15) is 13.2 Å². The van der Waals surface area contributed by atoms with Crippen LogP contribution in [0.2, 0.25) is 0 Å². The summed E-state index contributed by atoms with van der Waals surface area (Å²) in [6, 6.07) is 16.4. The van der Waals surface area contributed by atoms with Crippen LogP contribution in [0.5, 0.6) is 5.75 Å². The zero-order valence-electron chi connectivity index (χ0n) is 21.6. The van der Waals surface area contributed by atoms with Gasteiger partial charge >= 0.3 is 12.1 Å². The highest BCUT2D eigenvalue weighted by atomic mass is 19.4. The van der Waals surface area contributed by atoms with Crippen molar-refractivity contribution in [2.45, 2.75) is 56.8 Å². The Hall–Kier alpha value is -3.86. The van der Waals surface area contributed by atoms with E-state index in [9.17, 15) is 22.8 Å². The largest absolute Gasteiger partial charge is 0.497 e. The molecule has 2 atom stereocenters. The summed E-state index contributed by atoms with van der Waals surface area (Å²) in [4.78, 5) is 34.1. The van der Waals surface area contributed by atoms with Crippen molar-refractivity contribution < 1.29 is 37.4 Å². The van der Waals surface area contributed by atoms with Gasteiger partial charge < -0.3 is 26.2 Å². The van der Waals surface area contributed by atoms with Crippen molar-refractivity contribution in [3.05, 3.63) is 72.3 Å². The van der Waals surface area contributed by atoms with Crippen LogP contribution >= 0.6 is 0 Å². The maximum atomic E-state index is 12.8. The van der Waals surface area contributed by atoms with Crippen LogP contribution in [-0.2, 0) is 20.8 Å². The Balaban J connectivity index is 0.000000673. The molecule has 0 saturated heterocycles. The number of hydrogen-bond acceptors (Lipinski definition) is 5. The molecule has 0 aliphatic heterocycles. The first-order chi connectivity index (χ1) is 18.5. The average molecular weight is 550 g/mol. The molecule has 212 valence electrons. The number of nitrogens with one attached hydrogen (secondary N) is 2. The Bertz CT molecular complexity index is 1090. The van der Waals surface area contributed by atoms with Gasteiger partial charge in [0.25, 0.3) is 0 Å². The molecule has 11 heteroatoms.